The molecule has 1 unspecified atom stereocenters. The maximum Gasteiger partial charge on any atom is 0.268 e. The number of nitrogens with zero attached hydrogens (tertiary/aromatic N) is 1. The number of anilines is 1. The van der Waals surface area contributed by atoms with Gasteiger partial charge in [0.2, 0.25) is 0 Å². The van der Waals surface area contributed by atoms with Crippen molar-refractivity contribution in [3.8, 4) is 5.75 Å². The van der Waals surface area contributed by atoms with Crippen molar-refractivity contribution in [2.75, 3.05) is 4.90 Å². The molecule has 0 radical (unpaired) electrons. The number of hydrogen-bond donors (Lipinski definition) is 0. The molecule has 1 amide bonds. The van der Waals surface area contributed by atoms with Gasteiger partial charge in [0.1, 0.15) is 5.75 Å². The van der Waals surface area contributed by atoms with Gasteiger partial charge in [-0.1, -0.05) is 6.92 Å². The molecule has 0 aliphatic carbocycles. The second-order valence-electron chi connectivity index (χ2n) is 5.02. The monoisotopic (exact) mass is 261 g/mol. The Labute approximate surface area is 113 Å². The second kappa shape index (κ2) is 5.03. The molecule has 1 atom stereocenters. The summed E-state index contributed by atoms with van der Waals surface area (Å²) in [5.41, 5.74) is 1.32. The molecule has 0 fully saturated rings. The van der Waals surface area contributed by atoms with Crippen molar-refractivity contribution in [2.45, 2.75) is 46.3 Å². The minimum atomic E-state index is -0.484. The smallest absolute Gasteiger partial charge is 0.268 e. The van der Waals surface area contributed by atoms with Gasteiger partial charge in [0, 0.05) is 18.0 Å². The highest BCUT2D eigenvalue weighted by Crippen LogP contribution is 2.36. The fourth-order valence-corrected chi connectivity index (χ4v) is 2.27. The predicted octanol–water partition coefficient (Wildman–Crippen LogP) is 2.80. The lowest BCUT2D eigenvalue weighted by atomic mass is 10.0. The van der Waals surface area contributed by atoms with Crippen LogP contribution in [0.2, 0.25) is 0 Å². The minimum Gasteiger partial charge on any atom is -0.479 e. The van der Waals surface area contributed by atoms with Gasteiger partial charge >= 0.3 is 0 Å². The first-order chi connectivity index (χ1) is 8.95. The van der Waals surface area contributed by atoms with E-state index < -0.39 is 6.10 Å². The molecule has 19 heavy (non-hydrogen) atoms. The van der Waals surface area contributed by atoms with E-state index in [-0.39, 0.29) is 17.7 Å². The SMILES string of the molecule is CCC(=O)c1ccc2c(c1)N(C(C)C)C(=O)C(C)O2. The average Bonchev–Trinajstić information content (AvgIpc) is 2.38. The van der Waals surface area contributed by atoms with Crippen LogP contribution < -0.4 is 9.64 Å². The van der Waals surface area contributed by atoms with Crippen LogP contribution in [-0.2, 0) is 4.79 Å². The van der Waals surface area contributed by atoms with E-state index >= 15 is 0 Å². The van der Waals surface area contributed by atoms with E-state index in [0.29, 0.717) is 23.4 Å². The molecule has 0 spiro atoms. The number of hydrogen-bond acceptors (Lipinski definition) is 3. The van der Waals surface area contributed by atoms with Gasteiger partial charge in [0.05, 0.1) is 5.69 Å². The highest BCUT2D eigenvalue weighted by atomic mass is 16.5. The number of amides is 1. The van der Waals surface area contributed by atoms with Crippen molar-refractivity contribution < 1.29 is 14.3 Å². The van der Waals surface area contributed by atoms with Crippen molar-refractivity contribution in [2.24, 2.45) is 0 Å². The number of ketones is 1. The molecule has 1 aromatic carbocycles. The normalized spacial score (nSPS) is 18.3. The predicted molar refractivity (Wildman–Crippen MR) is 73.8 cm³/mol. The maximum absolute atomic E-state index is 12.2. The van der Waals surface area contributed by atoms with Gasteiger partial charge in [0.15, 0.2) is 11.9 Å². The lowest BCUT2D eigenvalue weighted by molar-refractivity contribution is -0.125. The van der Waals surface area contributed by atoms with Crippen molar-refractivity contribution in [3.63, 3.8) is 0 Å². The van der Waals surface area contributed by atoms with Crippen LogP contribution in [-0.4, -0.2) is 23.8 Å². The highest BCUT2D eigenvalue weighted by Gasteiger charge is 2.33. The van der Waals surface area contributed by atoms with Crippen LogP contribution in [0, 0.1) is 0 Å². The number of carbonyl (C=O) groups excluding carboxylic acids is 2. The van der Waals surface area contributed by atoms with E-state index in [2.05, 4.69) is 0 Å². The first-order valence-corrected chi connectivity index (χ1v) is 6.62. The standard InChI is InChI=1S/C15H19NO3/c1-5-13(17)11-6-7-14-12(8-11)16(9(2)3)15(18)10(4)19-14/h6-10H,5H2,1-4H3. The van der Waals surface area contributed by atoms with Gasteiger partial charge < -0.3 is 9.64 Å². The summed E-state index contributed by atoms with van der Waals surface area (Å²) in [5, 5.41) is 0. The van der Waals surface area contributed by atoms with Crippen molar-refractivity contribution in [1.29, 1.82) is 0 Å². The van der Waals surface area contributed by atoms with Crippen LogP contribution in [0.5, 0.6) is 5.75 Å². The molecule has 102 valence electrons. The molecule has 1 heterocycles. The summed E-state index contributed by atoms with van der Waals surface area (Å²) in [6.45, 7) is 7.47. The minimum absolute atomic E-state index is 0.0320. The zero-order valence-corrected chi connectivity index (χ0v) is 11.8. The van der Waals surface area contributed by atoms with Crippen LogP contribution in [0.1, 0.15) is 44.5 Å². The zero-order chi connectivity index (χ0) is 14.2. The molecule has 1 aliphatic rings. The largest absolute Gasteiger partial charge is 0.479 e. The Balaban J connectivity index is 2.51. The Morgan fingerprint density at radius 3 is 2.68 bits per heavy atom. The van der Waals surface area contributed by atoms with E-state index in [4.69, 9.17) is 4.74 Å². The summed E-state index contributed by atoms with van der Waals surface area (Å²) in [6, 6.07) is 5.32. The van der Waals surface area contributed by atoms with Gasteiger partial charge in [-0.15, -0.1) is 0 Å². The quantitative estimate of drug-likeness (QED) is 0.786. The summed E-state index contributed by atoms with van der Waals surface area (Å²) >= 11 is 0. The third-order valence-electron chi connectivity index (χ3n) is 3.27. The summed E-state index contributed by atoms with van der Waals surface area (Å²) in [5.74, 6) is 0.662. The Morgan fingerprint density at radius 1 is 1.42 bits per heavy atom. The summed E-state index contributed by atoms with van der Waals surface area (Å²) in [7, 11) is 0. The van der Waals surface area contributed by atoms with Crippen LogP contribution >= 0.6 is 0 Å². The Hall–Kier alpha value is -1.84. The third kappa shape index (κ3) is 2.35. The number of carbonyl (C=O) groups is 2. The van der Waals surface area contributed by atoms with E-state index in [1.807, 2.05) is 20.8 Å². The van der Waals surface area contributed by atoms with E-state index in [1.54, 1.807) is 30.0 Å². The molecule has 4 heteroatoms. The fraction of sp³-hybridized carbons (Fsp3) is 0.467. The number of Topliss-reactive ketones (excluding diaryl/α,β-unsaturated/α-hetero) is 1. The Morgan fingerprint density at radius 2 is 2.11 bits per heavy atom. The molecular formula is C15H19NO3. The average molecular weight is 261 g/mol. The van der Waals surface area contributed by atoms with Crippen molar-refractivity contribution >= 4 is 17.4 Å². The van der Waals surface area contributed by atoms with Gasteiger partial charge in [-0.05, 0) is 39.0 Å². The summed E-state index contributed by atoms with van der Waals surface area (Å²) in [4.78, 5) is 25.7. The molecule has 0 N–H and O–H groups in total. The lowest BCUT2D eigenvalue weighted by Gasteiger charge is -2.35. The van der Waals surface area contributed by atoms with Crippen LogP contribution in [0.25, 0.3) is 0 Å². The maximum atomic E-state index is 12.2. The van der Waals surface area contributed by atoms with Crippen LogP contribution in [0.3, 0.4) is 0 Å². The van der Waals surface area contributed by atoms with Crippen LogP contribution in [0.15, 0.2) is 18.2 Å². The molecule has 0 bridgehead atoms. The lowest BCUT2D eigenvalue weighted by Crippen LogP contribution is -2.47. The zero-order valence-electron chi connectivity index (χ0n) is 11.8. The third-order valence-corrected chi connectivity index (χ3v) is 3.27. The van der Waals surface area contributed by atoms with Crippen molar-refractivity contribution in [1.82, 2.24) is 0 Å². The second-order valence-corrected chi connectivity index (χ2v) is 5.02. The fourth-order valence-electron chi connectivity index (χ4n) is 2.27. The van der Waals surface area contributed by atoms with Gasteiger partial charge in [-0.2, -0.15) is 0 Å². The summed E-state index contributed by atoms with van der Waals surface area (Å²) < 4.78 is 5.59. The first kappa shape index (κ1) is 13.6. The van der Waals surface area contributed by atoms with E-state index in [0.717, 1.165) is 0 Å². The molecule has 4 nitrogen and oxygen atoms in total. The highest BCUT2D eigenvalue weighted by molar-refractivity contribution is 6.03. The molecule has 1 aromatic rings. The number of fused-ring (bicyclic) bond motifs is 1. The Kier molecular flexibility index (Phi) is 3.60. The molecule has 2 rings (SSSR count). The summed E-state index contributed by atoms with van der Waals surface area (Å²) in [6.07, 6.45) is -0.0336. The topological polar surface area (TPSA) is 46.6 Å². The molecule has 0 saturated carbocycles. The van der Waals surface area contributed by atoms with Gasteiger partial charge in [-0.3, -0.25) is 9.59 Å². The molecule has 0 aromatic heterocycles. The molecule has 0 saturated heterocycles. The van der Waals surface area contributed by atoms with Crippen molar-refractivity contribution in [3.05, 3.63) is 23.8 Å². The van der Waals surface area contributed by atoms with Gasteiger partial charge in [-0.25, -0.2) is 0 Å². The number of ether oxygens (including phenoxy) is 1. The number of benzene rings is 1. The Bertz CT molecular complexity index is 522. The number of rotatable bonds is 3. The van der Waals surface area contributed by atoms with Crippen LogP contribution in [0.4, 0.5) is 5.69 Å². The first-order valence-electron chi connectivity index (χ1n) is 6.62. The van der Waals surface area contributed by atoms with E-state index in [1.165, 1.54) is 0 Å². The molecular weight excluding hydrogens is 242 g/mol. The molecule has 1 aliphatic heterocycles. The van der Waals surface area contributed by atoms with E-state index in [9.17, 15) is 9.59 Å². The van der Waals surface area contributed by atoms with Gasteiger partial charge in [0.25, 0.3) is 5.91 Å².